The van der Waals surface area contributed by atoms with Crippen LogP contribution in [0.2, 0.25) is 10.0 Å². The number of likely N-dealkylation sites (tertiary alicyclic amines) is 1. The highest BCUT2D eigenvalue weighted by molar-refractivity contribution is 6.42. The summed E-state index contributed by atoms with van der Waals surface area (Å²) in [7, 11) is 0. The number of benzene rings is 2. The lowest BCUT2D eigenvalue weighted by atomic mass is 10.0. The van der Waals surface area contributed by atoms with Gasteiger partial charge in [0.1, 0.15) is 0 Å². The van der Waals surface area contributed by atoms with E-state index < -0.39 is 4.92 Å². The average Bonchev–Trinajstić information content (AvgIpc) is 3.34. The number of nitrogens with zero attached hydrogens (tertiary/aromatic N) is 4. The fourth-order valence-corrected chi connectivity index (χ4v) is 3.75. The first-order chi connectivity index (χ1) is 13.5. The molecule has 1 saturated heterocycles. The Bertz CT molecular complexity index is 1010. The maximum atomic E-state index is 10.8. The molecule has 7 nitrogen and oxygen atoms in total. The van der Waals surface area contributed by atoms with Crippen LogP contribution in [0.25, 0.3) is 11.5 Å². The van der Waals surface area contributed by atoms with Crippen LogP contribution in [0.4, 0.5) is 5.69 Å². The summed E-state index contributed by atoms with van der Waals surface area (Å²) in [6, 6.07) is 12.0. The van der Waals surface area contributed by atoms with E-state index in [1.54, 1.807) is 12.1 Å². The third-order valence-corrected chi connectivity index (χ3v) is 5.56. The number of non-ortho nitro benzene ring substituents is 1. The molecule has 0 aliphatic carbocycles. The van der Waals surface area contributed by atoms with Crippen LogP contribution in [0.3, 0.4) is 0 Å². The number of rotatable bonds is 5. The highest BCUT2D eigenvalue weighted by atomic mass is 35.5. The van der Waals surface area contributed by atoms with Crippen LogP contribution in [0.1, 0.15) is 30.3 Å². The van der Waals surface area contributed by atoms with Crippen molar-refractivity contribution in [1.82, 2.24) is 15.1 Å². The van der Waals surface area contributed by atoms with Gasteiger partial charge in [-0.2, -0.15) is 0 Å². The van der Waals surface area contributed by atoms with Crippen LogP contribution < -0.4 is 0 Å². The molecule has 144 valence electrons. The summed E-state index contributed by atoms with van der Waals surface area (Å²) in [5.74, 6) is 0.843. The van der Waals surface area contributed by atoms with Gasteiger partial charge in [-0.05, 0) is 49.2 Å². The minimum atomic E-state index is -0.445. The van der Waals surface area contributed by atoms with E-state index in [0.29, 0.717) is 33.9 Å². The van der Waals surface area contributed by atoms with Crippen LogP contribution in [0.5, 0.6) is 0 Å². The number of hydrogen-bond donors (Lipinski definition) is 0. The molecule has 3 aromatic rings. The van der Waals surface area contributed by atoms with Gasteiger partial charge in [0.15, 0.2) is 0 Å². The third-order valence-electron chi connectivity index (χ3n) is 4.82. The molecule has 0 radical (unpaired) electrons. The first-order valence-corrected chi connectivity index (χ1v) is 9.53. The third kappa shape index (κ3) is 3.87. The van der Waals surface area contributed by atoms with E-state index in [9.17, 15) is 10.1 Å². The molecule has 0 spiro atoms. The van der Waals surface area contributed by atoms with Crippen molar-refractivity contribution in [3.05, 3.63) is 74.1 Å². The molecule has 4 rings (SSSR count). The number of halogens is 2. The second-order valence-corrected chi connectivity index (χ2v) is 7.42. The minimum Gasteiger partial charge on any atom is -0.419 e. The Balaban J connectivity index is 1.49. The lowest BCUT2D eigenvalue weighted by molar-refractivity contribution is -0.384. The summed E-state index contributed by atoms with van der Waals surface area (Å²) in [6.07, 6.45) is 2.08. The van der Waals surface area contributed by atoms with Crippen molar-refractivity contribution in [3.63, 3.8) is 0 Å². The predicted molar refractivity (Wildman–Crippen MR) is 105 cm³/mol. The smallest absolute Gasteiger partial charge is 0.269 e. The van der Waals surface area contributed by atoms with E-state index in [0.717, 1.165) is 24.9 Å². The van der Waals surface area contributed by atoms with Crippen molar-refractivity contribution in [3.8, 4) is 11.5 Å². The highest BCUT2D eigenvalue weighted by Crippen LogP contribution is 2.36. The number of nitro benzene ring substituents is 1. The van der Waals surface area contributed by atoms with Gasteiger partial charge in [-0.3, -0.25) is 15.0 Å². The van der Waals surface area contributed by atoms with Gasteiger partial charge in [0.05, 0.1) is 21.5 Å². The fourth-order valence-electron chi connectivity index (χ4n) is 3.45. The van der Waals surface area contributed by atoms with Crippen LogP contribution in [-0.2, 0) is 6.54 Å². The van der Waals surface area contributed by atoms with Crippen LogP contribution in [-0.4, -0.2) is 26.6 Å². The average molecular weight is 419 g/mol. The van der Waals surface area contributed by atoms with Crippen LogP contribution in [0.15, 0.2) is 46.9 Å². The fraction of sp³-hybridized carbons (Fsp3) is 0.263. The van der Waals surface area contributed by atoms with E-state index in [4.69, 9.17) is 27.6 Å². The van der Waals surface area contributed by atoms with Crippen LogP contribution >= 0.6 is 23.2 Å². The van der Waals surface area contributed by atoms with E-state index in [1.165, 1.54) is 12.1 Å². The standard InChI is InChI=1S/C19H16Cl2N4O3/c20-15-8-5-13(10-16(15)21)17-2-1-9-24(17)11-18-22-23-19(28-18)12-3-6-14(7-4-12)25(26)27/h3-8,10,17H,1-2,9,11H2. The quantitative estimate of drug-likeness (QED) is 0.413. The van der Waals surface area contributed by atoms with Gasteiger partial charge in [-0.1, -0.05) is 29.3 Å². The Morgan fingerprint density at radius 2 is 1.93 bits per heavy atom. The molecule has 1 aromatic heterocycles. The Morgan fingerprint density at radius 1 is 1.14 bits per heavy atom. The van der Waals surface area contributed by atoms with Gasteiger partial charge < -0.3 is 4.42 Å². The van der Waals surface area contributed by atoms with Gasteiger partial charge in [-0.15, -0.1) is 10.2 Å². The van der Waals surface area contributed by atoms with Crippen molar-refractivity contribution in [2.75, 3.05) is 6.54 Å². The number of aromatic nitrogens is 2. The van der Waals surface area contributed by atoms with Gasteiger partial charge in [0.25, 0.3) is 5.69 Å². The topological polar surface area (TPSA) is 85.3 Å². The first kappa shape index (κ1) is 18.9. The second kappa shape index (κ2) is 7.87. The Hall–Kier alpha value is -2.48. The maximum absolute atomic E-state index is 10.8. The van der Waals surface area contributed by atoms with E-state index in [-0.39, 0.29) is 11.7 Å². The summed E-state index contributed by atoms with van der Waals surface area (Å²) in [4.78, 5) is 12.6. The zero-order chi connectivity index (χ0) is 19.7. The summed E-state index contributed by atoms with van der Waals surface area (Å²) in [5.41, 5.74) is 1.78. The molecule has 0 bridgehead atoms. The Labute approximate surface area is 171 Å². The Morgan fingerprint density at radius 3 is 2.64 bits per heavy atom. The SMILES string of the molecule is O=[N+]([O-])c1ccc(-c2nnc(CN3CCCC3c3ccc(Cl)c(Cl)c3)o2)cc1. The minimum absolute atomic E-state index is 0.0185. The van der Waals surface area contributed by atoms with Gasteiger partial charge in [0, 0.05) is 23.7 Å². The molecule has 1 aliphatic rings. The van der Waals surface area contributed by atoms with Gasteiger partial charge in [0.2, 0.25) is 11.8 Å². The van der Waals surface area contributed by atoms with E-state index >= 15 is 0 Å². The normalized spacial score (nSPS) is 17.1. The zero-order valence-corrected chi connectivity index (χ0v) is 16.2. The monoisotopic (exact) mass is 418 g/mol. The lowest BCUT2D eigenvalue weighted by Crippen LogP contribution is -2.23. The predicted octanol–water partition coefficient (Wildman–Crippen LogP) is 5.29. The van der Waals surface area contributed by atoms with Crippen LogP contribution in [0, 0.1) is 10.1 Å². The second-order valence-electron chi connectivity index (χ2n) is 6.61. The summed E-state index contributed by atoms with van der Waals surface area (Å²) >= 11 is 12.2. The molecule has 1 unspecified atom stereocenters. The molecule has 1 aliphatic heterocycles. The van der Waals surface area contributed by atoms with Crippen molar-refractivity contribution in [2.45, 2.75) is 25.4 Å². The van der Waals surface area contributed by atoms with E-state index in [1.807, 2.05) is 18.2 Å². The molecular formula is C19H16Cl2N4O3. The molecule has 0 amide bonds. The zero-order valence-electron chi connectivity index (χ0n) is 14.7. The number of hydrogen-bond acceptors (Lipinski definition) is 6. The summed E-state index contributed by atoms with van der Waals surface area (Å²) in [5, 5.41) is 20.1. The Kier molecular flexibility index (Phi) is 5.30. The molecule has 1 atom stereocenters. The maximum Gasteiger partial charge on any atom is 0.269 e. The molecule has 9 heteroatoms. The molecule has 2 heterocycles. The summed E-state index contributed by atoms with van der Waals surface area (Å²) in [6.45, 7) is 1.44. The van der Waals surface area contributed by atoms with Gasteiger partial charge >= 0.3 is 0 Å². The molecule has 0 saturated carbocycles. The molecule has 2 aromatic carbocycles. The van der Waals surface area contributed by atoms with Crippen molar-refractivity contribution < 1.29 is 9.34 Å². The molecule has 1 fully saturated rings. The molecule has 0 N–H and O–H groups in total. The van der Waals surface area contributed by atoms with Crippen molar-refractivity contribution >= 4 is 28.9 Å². The van der Waals surface area contributed by atoms with Crippen molar-refractivity contribution in [1.29, 1.82) is 0 Å². The highest BCUT2D eigenvalue weighted by Gasteiger charge is 2.28. The lowest BCUT2D eigenvalue weighted by Gasteiger charge is -2.23. The van der Waals surface area contributed by atoms with Crippen molar-refractivity contribution in [2.24, 2.45) is 0 Å². The summed E-state index contributed by atoms with van der Waals surface area (Å²) < 4.78 is 5.78. The van der Waals surface area contributed by atoms with Gasteiger partial charge in [-0.25, -0.2) is 0 Å². The largest absolute Gasteiger partial charge is 0.419 e. The first-order valence-electron chi connectivity index (χ1n) is 8.77. The molecule has 28 heavy (non-hydrogen) atoms. The van der Waals surface area contributed by atoms with E-state index in [2.05, 4.69) is 15.1 Å². The molecular weight excluding hydrogens is 403 g/mol. The number of nitro groups is 1.